The number of thiophene rings is 1. The van der Waals surface area contributed by atoms with Crippen LogP contribution in [0.1, 0.15) is 17.7 Å². The number of aliphatic imine (C=N–C) groups is 1. The summed E-state index contributed by atoms with van der Waals surface area (Å²) >= 11 is 1.79. The SMILES string of the molecule is CN(C(N)=NCc1cc2ccccc2s1)C1CC1. The fraction of sp³-hybridized carbons (Fsp3) is 0.357. The van der Waals surface area contributed by atoms with Gasteiger partial charge in [-0.15, -0.1) is 11.3 Å². The fourth-order valence-electron chi connectivity index (χ4n) is 2.03. The van der Waals surface area contributed by atoms with Gasteiger partial charge in [-0.25, -0.2) is 4.99 Å². The van der Waals surface area contributed by atoms with Crippen LogP contribution in [0.2, 0.25) is 0 Å². The zero-order valence-corrected chi connectivity index (χ0v) is 11.3. The van der Waals surface area contributed by atoms with Crippen molar-refractivity contribution in [3.05, 3.63) is 35.2 Å². The molecule has 1 aliphatic carbocycles. The lowest BCUT2D eigenvalue weighted by molar-refractivity contribution is 0.487. The molecule has 0 amide bonds. The summed E-state index contributed by atoms with van der Waals surface area (Å²) in [5, 5.41) is 1.29. The van der Waals surface area contributed by atoms with Crippen LogP contribution in [0.5, 0.6) is 0 Å². The topological polar surface area (TPSA) is 41.6 Å². The van der Waals surface area contributed by atoms with Crippen LogP contribution >= 0.6 is 11.3 Å². The molecule has 1 aliphatic rings. The summed E-state index contributed by atoms with van der Waals surface area (Å²) in [6.07, 6.45) is 2.49. The highest BCUT2D eigenvalue weighted by Gasteiger charge is 2.27. The van der Waals surface area contributed by atoms with Crippen LogP contribution in [-0.2, 0) is 6.54 Å². The average Bonchev–Trinajstić information content (AvgIpc) is 3.14. The van der Waals surface area contributed by atoms with E-state index in [1.165, 1.54) is 27.8 Å². The number of benzene rings is 1. The molecular weight excluding hydrogens is 242 g/mol. The van der Waals surface area contributed by atoms with Crippen LogP contribution in [0.25, 0.3) is 10.1 Å². The van der Waals surface area contributed by atoms with Crippen molar-refractivity contribution in [2.75, 3.05) is 7.05 Å². The van der Waals surface area contributed by atoms with Crippen LogP contribution in [0.15, 0.2) is 35.3 Å². The molecule has 1 fully saturated rings. The molecule has 0 saturated heterocycles. The summed E-state index contributed by atoms with van der Waals surface area (Å²) in [5.41, 5.74) is 5.98. The minimum atomic E-state index is 0.621. The number of guanidine groups is 1. The van der Waals surface area contributed by atoms with Gasteiger partial charge in [0.25, 0.3) is 0 Å². The lowest BCUT2D eigenvalue weighted by Gasteiger charge is -2.16. The van der Waals surface area contributed by atoms with Gasteiger partial charge in [0.1, 0.15) is 0 Å². The summed E-state index contributed by atoms with van der Waals surface area (Å²) in [5.74, 6) is 0.662. The van der Waals surface area contributed by atoms with Crippen LogP contribution in [0, 0.1) is 0 Å². The van der Waals surface area contributed by atoms with Crippen molar-refractivity contribution in [1.82, 2.24) is 4.90 Å². The average molecular weight is 259 g/mol. The highest BCUT2D eigenvalue weighted by atomic mass is 32.1. The molecule has 3 rings (SSSR count). The Morgan fingerprint density at radius 2 is 2.22 bits per heavy atom. The van der Waals surface area contributed by atoms with Crippen LogP contribution in [0.3, 0.4) is 0 Å². The Bertz CT molecular complexity index is 550. The monoisotopic (exact) mass is 259 g/mol. The summed E-state index contributed by atoms with van der Waals surface area (Å²) in [6, 6.07) is 11.2. The number of hydrogen-bond donors (Lipinski definition) is 1. The summed E-state index contributed by atoms with van der Waals surface area (Å²) in [4.78, 5) is 7.84. The Labute approximate surface area is 111 Å². The quantitative estimate of drug-likeness (QED) is 0.680. The Balaban J connectivity index is 1.73. The molecule has 2 N–H and O–H groups in total. The van der Waals surface area contributed by atoms with Crippen molar-refractivity contribution in [3.63, 3.8) is 0 Å². The third kappa shape index (κ3) is 2.34. The maximum absolute atomic E-state index is 5.98. The molecule has 0 unspecified atom stereocenters. The Kier molecular flexibility index (Phi) is 2.96. The van der Waals surface area contributed by atoms with Gasteiger partial charge in [0, 0.05) is 22.7 Å². The van der Waals surface area contributed by atoms with E-state index in [1.54, 1.807) is 11.3 Å². The van der Waals surface area contributed by atoms with Crippen molar-refractivity contribution < 1.29 is 0 Å². The van der Waals surface area contributed by atoms with E-state index in [0.29, 0.717) is 18.5 Å². The molecular formula is C14H17N3S. The third-order valence-corrected chi connectivity index (χ3v) is 4.43. The van der Waals surface area contributed by atoms with E-state index in [2.05, 4.69) is 40.2 Å². The predicted octanol–water partition coefficient (Wildman–Crippen LogP) is 2.81. The zero-order chi connectivity index (χ0) is 12.5. The standard InChI is InChI=1S/C14H17N3S/c1-17(11-6-7-11)14(15)16-9-12-8-10-4-2-3-5-13(10)18-12/h2-5,8,11H,6-7,9H2,1H3,(H2,15,16). The second-order valence-corrected chi connectivity index (χ2v) is 5.94. The van der Waals surface area contributed by atoms with Crippen molar-refractivity contribution in [2.24, 2.45) is 10.7 Å². The second kappa shape index (κ2) is 4.61. The first-order valence-corrected chi connectivity index (χ1v) is 7.06. The molecule has 1 heterocycles. The van der Waals surface area contributed by atoms with Crippen molar-refractivity contribution in [2.45, 2.75) is 25.4 Å². The van der Waals surface area contributed by atoms with Gasteiger partial charge in [-0.3, -0.25) is 0 Å². The first kappa shape index (κ1) is 11.5. The molecule has 0 aliphatic heterocycles. The molecule has 94 valence electrons. The Morgan fingerprint density at radius 1 is 1.44 bits per heavy atom. The first-order chi connectivity index (χ1) is 8.74. The molecule has 4 heteroatoms. The zero-order valence-electron chi connectivity index (χ0n) is 10.5. The Hall–Kier alpha value is -1.55. The fourth-order valence-corrected chi connectivity index (χ4v) is 3.02. The summed E-state index contributed by atoms with van der Waals surface area (Å²) in [6.45, 7) is 0.683. The van der Waals surface area contributed by atoms with Crippen molar-refractivity contribution in [1.29, 1.82) is 0 Å². The highest BCUT2D eigenvalue weighted by molar-refractivity contribution is 7.19. The van der Waals surface area contributed by atoms with Crippen LogP contribution in [-0.4, -0.2) is 23.9 Å². The maximum Gasteiger partial charge on any atom is 0.191 e. The third-order valence-electron chi connectivity index (χ3n) is 3.33. The van der Waals surface area contributed by atoms with Gasteiger partial charge < -0.3 is 10.6 Å². The summed E-state index contributed by atoms with van der Waals surface area (Å²) < 4.78 is 1.32. The van der Waals surface area contributed by atoms with E-state index in [9.17, 15) is 0 Å². The largest absolute Gasteiger partial charge is 0.370 e. The van der Waals surface area contributed by atoms with E-state index in [-0.39, 0.29) is 0 Å². The lowest BCUT2D eigenvalue weighted by atomic mass is 10.2. The molecule has 0 bridgehead atoms. The van der Waals surface area contributed by atoms with E-state index in [4.69, 9.17) is 5.73 Å². The molecule has 1 saturated carbocycles. The normalized spacial score (nSPS) is 16.2. The van der Waals surface area contributed by atoms with Gasteiger partial charge in [-0.1, -0.05) is 18.2 Å². The van der Waals surface area contributed by atoms with Crippen LogP contribution < -0.4 is 5.73 Å². The van der Waals surface area contributed by atoms with E-state index >= 15 is 0 Å². The molecule has 2 aromatic rings. The second-order valence-electron chi connectivity index (χ2n) is 4.77. The van der Waals surface area contributed by atoms with Crippen molar-refractivity contribution in [3.8, 4) is 0 Å². The summed E-state index contributed by atoms with van der Waals surface area (Å²) in [7, 11) is 2.03. The molecule has 1 aromatic heterocycles. The minimum absolute atomic E-state index is 0.621. The van der Waals surface area contributed by atoms with Gasteiger partial charge in [0.2, 0.25) is 0 Å². The van der Waals surface area contributed by atoms with Gasteiger partial charge in [-0.05, 0) is 30.4 Å². The van der Waals surface area contributed by atoms with Gasteiger partial charge in [0.15, 0.2) is 5.96 Å². The number of rotatable bonds is 3. The highest BCUT2D eigenvalue weighted by Crippen LogP contribution is 2.27. The number of nitrogens with two attached hydrogens (primary N) is 1. The molecule has 0 atom stereocenters. The molecule has 18 heavy (non-hydrogen) atoms. The smallest absolute Gasteiger partial charge is 0.191 e. The Morgan fingerprint density at radius 3 is 2.94 bits per heavy atom. The van der Waals surface area contributed by atoms with Gasteiger partial charge in [0.05, 0.1) is 6.54 Å². The molecule has 1 aromatic carbocycles. The number of nitrogens with zero attached hydrogens (tertiary/aromatic N) is 2. The number of fused-ring (bicyclic) bond motifs is 1. The lowest BCUT2D eigenvalue weighted by Crippen LogP contribution is -2.35. The minimum Gasteiger partial charge on any atom is -0.370 e. The number of hydrogen-bond acceptors (Lipinski definition) is 2. The maximum atomic E-state index is 5.98. The predicted molar refractivity (Wildman–Crippen MR) is 77.9 cm³/mol. The van der Waals surface area contributed by atoms with Gasteiger partial charge >= 0.3 is 0 Å². The van der Waals surface area contributed by atoms with Gasteiger partial charge in [-0.2, -0.15) is 0 Å². The first-order valence-electron chi connectivity index (χ1n) is 6.24. The van der Waals surface area contributed by atoms with E-state index < -0.39 is 0 Å². The molecule has 0 spiro atoms. The van der Waals surface area contributed by atoms with Crippen molar-refractivity contribution >= 4 is 27.4 Å². The van der Waals surface area contributed by atoms with Crippen LogP contribution in [0.4, 0.5) is 0 Å². The van der Waals surface area contributed by atoms with E-state index in [1.807, 2.05) is 7.05 Å². The van der Waals surface area contributed by atoms with E-state index in [0.717, 1.165) is 0 Å². The molecule has 3 nitrogen and oxygen atoms in total. The molecule has 0 radical (unpaired) electrons.